The Bertz CT molecular complexity index is 524. The van der Waals surface area contributed by atoms with E-state index in [1.54, 1.807) is 26.0 Å². The van der Waals surface area contributed by atoms with E-state index in [9.17, 15) is 9.59 Å². The summed E-state index contributed by atoms with van der Waals surface area (Å²) in [6.45, 7) is 3.54. The molecule has 0 fully saturated rings. The van der Waals surface area contributed by atoms with E-state index in [0.717, 1.165) is 5.56 Å². The zero-order valence-electron chi connectivity index (χ0n) is 11.2. The minimum Gasteiger partial charge on any atom is -0.344 e. The highest BCUT2D eigenvalue weighted by molar-refractivity contribution is 5.61. The van der Waals surface area contributed by atoms with Gasteiger partial charge in [0.25, 0.3) is 5.97 Å². The molecular weight excluding hydrogens is 264 g/mol. The van der Waals surface area contributed by atoms with Crippen molar-refractivity contribution in [3.63, 3.8) is 0 Å². The molecule has 0 spiro atoms. The number of nitrogens with zero attached hydrogens (tertiary/aromatic N) is 2. The monoisotopic (exact) mass is 280 g/mol. The maximum atomic E-state index is 10.00. The number of carbonyl (C=O) groups excluding carboxylic acids is 2. The number of rotatable bonds is 4. The van der Waals surface area contributed by atoms with Crippen molar-refractivity contribution >= 4 is 23.5 Å². The summed E-state index contributed by atoms with van der Waals surface area (Å²) in [6, 6.07) is 4.88. The minimum absolute atomic E-state index is 0.00694. The van der Waals surface area contributed by atoms with Gasteiger partial charge in [-0.15, -0.1) is 0 Å². The third kappa shape index (κ3) is 8.05. The van der Waals surface area contributed by atoms with Crippen LogP contribution >= 0.6 is 0 Å². The lowest BCUT2D eigenvalue weighted by molar-refractivity contribution is -0.314. The average molecular weight is 280 g/mol. The summed E-state index contributed by atoms with van der Waals surface area (Å²) in [4.78, 5) is 26.8. The van der Waals surface area contributed by atoms with E-state index in [0.29, 0.717) is 17.8 Å². The molecular formula is C13H16N2O5. The van der Waals surface area contributed by atoms with Crippen molar-refractivity contribution in [2.24, 2.45) is 9.98 Å². The van der Waals surface area contributed by atoms with Crippen LogP contribution in [-0.4, -0.2) is 33.5 Å². The van der Waals surface area contributed by atoms with Crippen LogP contribution in [0.1, 0.15) is 25.3 Å². The van der Waals surface area contributed by atoms with E-state index >= 15 is 0 Å². The van der Waals surface area contributed by atoms with Gasteiger partial charge in [0.1, 0.15) is 0 Å². The van der Waals surface area contributed by atoms with Crippen LogP contribution in [0.4, 0.5) is 11.4 Å². The molecule has 0 amide bonds. The molecule has 7 nitrogen and oxygen atoms in total. The Morgan fingerprint density at radius 3 is 2.15 bits per heavy atom. The van der Waals surface area contributed by atoms with E-state index < -0.39 is 5.97 Å². The van der Waals surface area contributed by atoms with Crippen LogP contribution in [0.15, 0.2) is 28.2 Å². The Morgan fingerprint density at radius 1 is 1.15 bits per heavy atom. The Kier molecular flexibility index (Phi) is 7.93. The molecule has 1 aromatic rings. The van der Waals surface area contributed by atoms with Crippen molar-refractivity contribution in [2.75, 3.05) is 0 Å². The molecule has 20 heavy (non-hydrogen) atoms. The van der Waals surface area contributed by atoms with Crippen molar-refractivity contribution in [1.29, 1.82) is 0 Å². The molecule has 0 aromatic heterocycles. The molecule has 108 valence electrons. The van der Waals surface area contributed by atoms with Gasteiger partial charge in [-0.25, -0.2) is 9.59 Å². The van der Waals surface area contributed by atoms with Gasteiger partial charge in [-0.05, 0) is 31.0 Å². The van der Waals surface area contributed by atoms with Crippen molar-refractivity contribution < 1.29 is 24.9 Å². The van der Waals surface area contributed by atoms with Crippen LogP contribution in [0.5, 0.6) is 0 Å². The minimum atomic E-state index is -2.45. The van der Waals surface area contributed by atoms with Gasteiger partial charge in [0, 0.05) is 6.42 Å². The second-order valence-electron chi connectivity index (χ2n) is 3.90. The van der Waals surface area contributed by atoms with Gasteiger partial charge < -0.3 is 15.3 Å². The number of hydrogen-bond acceptors (Lipinski definition) is 7. The first kappa shape index (κ1) is 17.9. The Balaban J connectivity index is 0.000000441. The molecule has 0 unspecified atom stereocenters. The molecule has 1 aromatic carbocycles. The third-order valence-electron chi connectivity index (χ3n) is 2.12. The zero-order chi connectivity index (χ0) is 15.6. The van der Waals surface area contributed by atoms with E-state index in [2.05, 4.69) is 9.98 Å². The summed E-state index contributed by atoms with van der Waals surface area (Å²) in [5.74, 6) is -2.45. The molecule has 0 aliphatic carbocycles. The predicted octanol–water partition coefficient (Wildman–Crippen LogP) is 1.35. The van der Waals surface area contributed by atoms with Gasteiger partial charge in [0.05, 0.1) is 11.4 Å². The summed E-state index contributed by atoms with van der Waals surface area (Å²) in [5.41, 5.74) is 1.72. The average Bonchev–Trinajstić information content (AvgIpc) is 2.33. The van der Waals surface area contributed by atoms with Crippen molar-refractivity contribution in [2.45, 2.75) is 32.7 Å². The van der Waals surface area contributed by atoms with Gasteiger partial charge in [0.2, 0.25) is 12.2 Å². The number of aliphatic imine (C=N–C) groups is 2. The van der Waals surface area contributed by atoms with Gasteiger partial charge >= 0.3 is 0 Å². The van der Waals surface area contributed by atoms with Gasteiger partial charge in [-0.3, -0.25) is 0 Å². The van der Waals surface area contributed by atoms with Crippen LogP contribution in [0.25, 0.3) is 0 Å². The summed E-state index contributed by atoms with van der Waals surface area (Å²) in [7, 11) is 0. The maximum Gasteiger partial charge on any atom is 0.275 e. The second kappa shape index (κ2) is 8.87. The van der Waals surface area contributed by atoms with Gasteiger partial charge in [0.15, 0.2) is 0 Å². The highest BCUT2D eigenvalue weighted by atomic mass is 16.7. The summed E-state index contributed by atoms with van der Waals surface area (Å²) in [5, 5.41) is 24.4. The van der Waals surface area contributed by atoms with Gasteiger partial charge in [-0.2, -0.15) is 9.98 Å². The first-order valence-electron chi connectivity index (χ1n) is 5.77. The van der Waals surface area contributed by atoms with Crippen LogP contribution in [0.2, 0.25) is 0 Å². The summed E-state index contributed by atoms with van der Waals surface area (Å²) >= 11 is 0. The lowest BCUT2D eigenvalue weighted by Crippen LogP contribution is -2.26. The lowest BCUT2D eigenvalue weighted by atomic mass is 10.2. The lowest BCUT2D eigenvalue weighted by Gasteiger charge is -2.10. The SMILES string of the molecule is CCCC(O)(O)O.Cc1ccc(N=C=O)cc1N=C=O. The highest BCUT2D eigenvalue weighted by Gasteiger charge is 2.14. The van der Waals surface area contributed by atoms with E-state index in [1.807, 2.05) is 0 Å². The number of benzene rings is 1. The summed E-state index contributed by atoms with van der Waals surface area (Å²) < 4.78 is 0. The molecule has 0 saturated heterocycles. The van der Waals surface area contributed by atoms with E-state index in [-0.39, 0.29) is 6.42 Å². The molecule has 0 heterocycles. The standard InChI is InChI=1S/C9H6N2O2.C4H10O3/c1-7-2-3-8(10-5-12)4-9(7)11-6-13;1-2-3-4(5,6)7/h2-4H,1H3;5-7H,2-3H2,1H3. The first-order valence-corrected chi connectivity index (χ1v) is 5.77. The molecule has 0 bridgehead atoms. The quantitative estimate of drug-likeness (QED) is 0.437. The molecule has 7 heteroatoms. The zero-order valence-corrected chi connectivity index (χ0v) is 11.2. The number of aliphatic hydroxyl groups is 3. The number of aryl methyl sites for hydroxylation is 1. The van der Waals surface area contributed by atoms with E-state index in [1.165, 1.54) is 18.2 Å². The predicted molar refractivity (Wildman–Crippen MR) is 71.0 cm³/mol. The Hall–Kier alpha value is -2.14. The van der Waals surface area contributed by atoms with Crippen molar-refractivity contribution in [3.8, 4) is 0 Å². The molecule has 0 atom stereocenters. The van der Waals surface area contributed by atoms with Crippen LogP contribution in [0, 0.1) is 6.92 Å². The van der Waals surface area contributed by atoms with E-state index in [4.69, 9.17) is 15.3 Å². The fraction of sp³-hybridized carbons (Fsp3) is 0.385. The molecule has 1 rings (SSSR count). The molecule has 3 N–H and O–H groups in total. The molecule has 0 aliphatic heterocycles. The Morgan fingerprint density at radius 2 is 1.75 bits per heavy atom. The highest BCUT2D eigenvalue weighted by Crippen LogP contribution is 2.23. The smallest absolute Gasteiger partial charge is 0.275 e. The fourth-order valence-electron chi connectivity index (χ4n) is 1.23. The van der Waals surface area contributed by atoms with Crippen LogP contribution < -0.4 is 0 Å². The molecule has 0 saturated carbocycles. The maximum absolute atomic E-state index is 10.00. The van der Waals surface area contributed by atoms with Crippen LogP contribution in [0.3, 0.4) is 0 Å². The number of hydrogen-bond donors (Lipinski definition) is 3. The second-order valence-corrected chi connectivity index (χ2v) is 3.90. The van der Waals surface area contributed by atoms with Gasteiger partial charge in [-0.1, -0.05) is 13.0 Å². The fourth-order valence-corrected chi connectivity index (χ4v) is 1.23. The normalized spacial score (nSPS) is 9.65. The third-order valence-corrected chi connectivity index (χ3v) is 2.12. The van der Waals surface area contributed by atoms with Crippen molar-refractivity contribution in [1.82, 2.24) is 0 Å². The largest absolute Gasteiger partial charge is 0.344 e. The summed E-state index contributed by atoms with van der Waals surface area (Å²) in [6.07, 6.45) is 3.40. The van der Waals surface area contributed by atoms with Crippen molar-refractivity contribution in [3.05, 3.63) is 23.8 Å². The Labute approximate surface area is 115 Å². The molecule has 0 aliphatic rings. The number of isocyanates is 2. The first-order chi connectivity index (χ1) is 9.34. The molecule has 0 radical (unpaired) electrons. The van der Waals surface area contributed by atoms with Crippen LogP contribution in [-0.2, 0) is 9.59 Å². The topological polar surface area (TPSA) is 120 Å².